The molecular weight excluding hydrogens is 338 g/mol. The summed E-state index contributed by atoms with van der Waals surface area (Å²) >= 11 is 0. The highest BCUT2D eigenvalue weighted by atomic mass is 16.5. The lowest BCUT2D eigenvalue weighted by molar-refractivity contribution is -0.148. The molecule has 0 saturated heterocycles. The number of nitrogens with zero attached hydrogens (tertiary/aromatic N) is 1. The average molecular weight is 359 g/mol. The zero-order valence-corrected chi connectivity index (χ0v) is 14.8. The third-order valence-electron chi connectivity index (χ3n) is 4.26. The Morgan fingerprint density at radius 3 is 2.62 bits per heavy atom. The van der Waals surface area contributed by atoms with Gasteiger partial charge in [0.2, 0.25) is 5.76 Å². The van der Waals surface area contributed by atoms with Crippen LogP contribution in [0.25, 0.3) is 5.70 Å². The SMILES string of the molecule is CCOC(=O)CN1C(=O)C(OCC2CC2)=C1c1ccccc1C(=O)OC. The molecule has 7 heteroatoms. The second kappa shape index (κ2) is 7.59. The van der Waals surface area contributed by atoms with E-state index in [2.05, 4.69) is 0 Å². The lowest BCUT2D eigenvalue weighted by Crippen LogP contribution is -2.45. The number of ether oxygens (including phenoxy) is 3. The predicted octanol–water partition coefficient (Wildman–Crippen LogP) is 1.97. The van der Waals surface area contributed by atoms with Gasteiger partial charge >= 0.3 is 11.9 Å². The molecule has 0 atom stereocenters. The first-order chi connectivity index (χ1) is 12.6. The number of carbonyl (C=O) groups excluding carboxylic acids is 3. The first-order valence-corrected chi connectivity index (χ1v) is 8.59. The molecule has 3 rings (SSSR count). The summed E-state index contributed by atoms with van der Waals surface area (Å²) in [5.41, 5.74) is 1.22. The van der Waals surface area contributed by atoms with Gasteiger partial charge in [0.25, 0.3) is 5.91 Å². The van der Waals surface area contributed by atoms with E-state index in [0.29, 0.717) is 29.3 Å². The molecular formula is C19H21NO6. The Morgan fingerprint density at radius 2 is 1.96 bits per heavy atom. The van der Waals surface area contributed by atoms with Crippen LogP contribution in [0.1, 0.15) is 35.7 Å². The molecule has 1 fully saturated rings. The van der Waals surface area contributed by atoms with Crippen LogP contribution in [0.4, 0.5) is 0 Å². The van der Waals surface area contributed by atoms with Crippen LogP contribution in [0.2, 0.25) is 0 Å². The van der Waals surface area contributed by atoms with Crippen LogP contribution in [0.3, 0.4) is 0 Å². The van der Waals surface area contributed by atoms with Crippen molar-refractivity contribution >= 4 is 23.5 Å². The minimum Gasteiger partial charge on any atom is -0.486 e. The third kappa shape index (κ3) is 3.56. The van der Waals surface area contributed by atoms with Gasteiger partial charge < -0.3 is 14.2 Å². The summed E-state index contributed by atoms with van der Waals surface area (Å²) < 4.78 is 15.5. The molecule has 1 aliphatic carbocycles. The van der Waals surface area contributed by atoms with Crippen molar-refractivity contribution in [2.75, 3.05) is 26.9 Å². The smallest absolute Gasteiger partial charge is 0.338 e. The topological polar surface area (TPSA) is 82.1 Å². The van der Waals surface area contributed by atoms with E-state index in [1.807, 2.05) is 0 Å². The maximum Gasteiger partial charge on any atom is 0.338 e. The van der Waals surface area contributed by atoms with Crippen LogP contribution >= 0.6 is 0 Å². The van der Waals surface area contributed by atoms with Crippen molar-refractivity contribution in [2.24, 2.45) is 5.92 Å². The van der Waals surface area contributed by atoms with Crippen LogP contribution in [0, 0.1) is 5.92 Å². The summed E-state index contributed by atoms with van der Waals surface area (Å²) in [5, 5.41) is 0. The maximum absolute atomic E-state index is 12.5. The Morgan fingerprint density at radius 1 is 1.23 bits per heavy atom. The molecule has 1 amide bonds. The molecule has 0 aromatic heterocycles. The Bertz CT molecular complexity index is 765. The van der Waals surface area contributed by atoms with Crippen molar-refractivity contribution in [1.29, 1.82) is 0 Å². The van der Waals surface area contributed by atoms with Crippen LogP contribution in [0.5, 0.6) is 0 Å². The molecule has 1 aliphatic heterocycles. The monoisotopic (exact) mass is 359 g/mol. The fourth-order valence-corrected chi connectivity index (χ4v) is 2.74. The van der Waals surface area contributed by atoms with Gasteiger partial charge in [0.15, 0.2) is 0 Å². The van der Waals surface area contributed by atoms with E-state index >= 15 is 0 Å². The number of esters is 2. The van der Waals surface area contributed by atoms with Crippen molar-refractivity contribution in [3.63, 3.8) is 0 Å². The predicted molar refractivity (Wildman–Crippen MR) is 91.7 cm³/mol. The number of carbonyl (C=O) groups is 3. The Balaban J connectivity index is 1.95. The van der Waals surface area contributed by atoms with E-state index in [9.17, 15) is 14.4 Å². The lowest BCUT2D eigenvalue weighted by Gasteiger charge is -2.35. The van der Waals surface area contributed by atoms with Gasteiger partial charge in [0, 0.05) is 5.56 Å². The zero-order valence-electron chi connectivity index (χ0n) is 14.8. The Hall–Kier alpha value is -2.83. The fourth-order valence-electron chi connectivity index (χ4n) is 2.74. The Labute approximate surface area is 151 Å². The van der Waals surface area contributed by atoms with Crippen LogP contribution in [-0.2, 0) is 23.8 Å². The average Bonchev–Trinajstić information content (AvgIpc) is 3.47. The molecule has 0 unspecified atom stereocenters. The lowest BCUT2D eigenvalue weighted by atomic mass is 9.97. The summed E-state index contributed by atoms with van der Waals surface area (Å²) in [6, 6.07) is 6.76. The van der Waals surface area contributed by atoms with Crippen LogP contribution < -0.4 is 0 Å². The quantitative estimate of drug-likeness (QED) is 0.660. The molecule has 0 N–H and O–H groups in total. The molecule has 1 saturated carbocycles. The zero-order chi connectivity index (χ0) is 18.7. The van der Waals surface area contributed by atoms with Crippen molar-refractivity contribution < 1.29 is 28.6 Å². The number of amides is 1. The molecule has 1 aromatic carbocycles. The third-order valence-corrected chi connectivity index (χ3v) is 4.26. The van der Waals surface area contributed by atoms with E-state index in [4.69, 9.17) is 14.2 Å². The standard InChI is InChI=1S/C19H21NO6/c1-3-25-15(21)10-20-16(17(18(20)22)26-11-12-8-9-12)13-6-4-5-7-14(13)19(23)24-2/h4-7,12H,3,8-11H2,1-2H3. The molecule has 0 spiro atoms. The number of rotatable bonds is 8. The number of hydrogen-bond acceptors (Lipinski definition) is 6. The molecule has 2 aliphatic rings. The maximum atomic E-state index is 12.5. The van der Waals surface area contributed by atoms with Gasteiger partial charge in [0.05, 0.1) is 25.9 Å². The number of hydrogen-bond donors (Lipinski definition) is 0. The fraction of sp³-hybridized carbons (Fsp3) is 0.421. The molecule has 138 valence electrons. The van der Waals surface area contributed by atoms with Crippen LogP contribution in [0.15, 0.2) is 30.0 Å². The molecule has 26 heavy (non-hydrogen) atoms. The first-order valence-electron chi connectivity index (χ1n) is 8.59. The van der Waals surface area contributed by atoms with Crippen molar-refractivity contribution in [1.82, 2.24) is 4.90 Å². The molecule has 0 bridgehead atoms. The number of benzene rings is 1. The van der Waals surface area contributed by atoms with E-state index < -0.39 is 11.9 Å². The summed E-state index contributed by atoms with van der Waals surface area (Å²) in [5.74, 6) is -0.780. The van der Waals surface area contributed by atoms with E-state index in [1.54, 1.807) is 31.2 Å². The van der Waals surface area contributed by atoms with E-state index in [0.717, 1.165) is 12.8 Å². The molecule has 1 aromatic rings. The summed E-state index contributed by atoms with van der Waals surface area (Å²) in [7, 11) is 1.29. The van der Waals surface area contributed by atoms with Gasteiger partial charge in [-0.25, -0.2) is 4.79 Å². The Kier molecular flexibility index (Phi) is 5.25. The van der Waals surface area contributed by atoms with E-state index in [1.165, 1.54) is 12.0 Å². The molecule has 1 heterocycles. The van der Waals surface area contributed by atoms with Gasteiger partial charge in [-0.15, -0.1) is 0 Å². The minimum absolute atomic E-state index is 0.178. The normalized spacial score (nSPS) is 16.2. The van der Waals surface area contributed by atoms with Crippen molar-refractivity contribution in [2.45, 2.75) is 19.8 Å². The highest BCUT2D eigenvalue weighted by molar-refractivity contribution is 6.15. The van der Waals surface area contributed by atoms with Gasteiger partial charge in [-0.1, -0.05) is 18.2 Å². The largest absolute Gasteiger partial charge is 0.486 e. The molecule has 7 nitrogen and oxygen atoms in total. The summed E-state index contributed by atoms with van der Waals surface area (Å²) in [4.78, 5) is 37.7. The highest BCUT2D eigenvalue weighted by Gasteiger charge is 2.42. The summed E-state index contributed by atoms with van der Waals surface area (Å²) in [6.45, 7) is 2.15. The van der Waals surface area contributed by atoms with Crippen molar-refractivity contribution in [3.05, 3.63) is 41.2 Å². The van der Waals surface area contributed by atoms with Crippen molar-refractivity contribution in [3.8, 4) is 0 Å². The summed E-state index contributed by atoms with van der Waals surface area (Å²) in [6.07, 6.45) is 2.17. The second-order valence-electron chi connectivity index (χ2n) is 6.17. The van der Waals surface area contributed by atoms with Gasteiger partial charge in [-0.3, -0.25) is 14.5 Å². The second-order valence-corrected chi connectivity index (χ2v) is 6.17. The highest BCUT2D eigenvalue weighted by Crippen LogP contribution is 2.38. The van der Waals surface area contributed by atoms with E-state index in [-0.39, 0.29) is 24.8 Å². The van der Waals surface area contributed by atoms with Gasteiger partial charge in [0.1, 0.15) is 12.2 Å². The van der Waals surface area contributed by atoms with Gasteiger partial charge in [-0.05, 0) is 31.7 Å². The van der Waals surface area contributed by atoms with Crippen LogP contribution in [-0.4, -0.2) is 49.6 Å². The number of methoxy groups -OCH3 is 1. The van der Waals surface area contributed by atoms with Gasteiger partial charge in [-0.2, -0.15) is 0 Å². The first kappa shape index (κ1) is 18.0. The molecule has 0 radical (unpaired) electrons. The minimum atomic E-state index is -0.523.